The fraction of sp³-hybridized carbons (Fsp3) is 0.167. The van der Waals surface area contributed by atoms with Crippen LogP contribution in [0.3, 0.4) is 0 Å². The summed E-state index contributed by atoms with van der Waals surface area (Å²) in [7, 11) is 1.32. The van der Waals surface area contributed by atoms with E-state index in [-0.39, 0.29) is 11.3 Å². The van der Waals surface area contributed by atoms with E-state index in [1.54, 1.807) is 11.4 Å². The fourth-order valence-electron chi connectivity index (χ4n) is 1.57. The summed E-state index contributed by atoms with van der Waals surface area (Å²) >= 11 is 4.57. The van der Waals surface area contributed by atoms with Crippen molar-refractivity contribution in [2.24, 2.45) is 0 Å². The van der Waals surface area contributed by atoms with Gasteiger partial charge in [-0.15, -0.1) is 11.3 Å². The number of halogens is 3. The number of benzene rings is 1. The van der Waals surface area contributed by atoms with E-state index in [1.807, 2.05) is 0 Å². The van der Waals surface area contributed by atoms with Gasteiger partial charge in [-0.1, -0.05) is 0 Å². The van der Waals surface area contributed by atoms with Gasteiger partial charge in [0.2, 0.25) is 0 Å². The lowest BCUT2D eigenvalue weighted by atomic mass is 10.0. The molecule has 0 saturated heterocycles. The van der Waals surface area contributed by atoms with E-state index in [9.17, 15) is 13.9 Å². The monoisotopic (exact) mass is 334 g/mol. The number of aliphatic hydroxyl groups excluding tert-OH is 1. The van der Waals surface area contributed by atoms with E-state index in [2.05, 4.69) is 15.9 Å². The molecule has 0 aliphatic rings. The van der Waals surface area contributed by atoms with Crippen LogP contribution in [0.15, 0.2) is 27.4 Å². The quantitative estimate of drug-likeness (QED) is 0.922. The first-order valence-corrected chi connectivity index (χ1v) is 6.65. The second-order valence-electron chi connectivity index (χ2n) is 3.59. The van der Waals surface area contributed by atoms with Crippen LogP contribution in [-0.2, 0) is 0 Å². The van der Waals surface area contributed by atoms with Crippen molar-refractivity contribution in [3.8, 4) is 5.75 Å². The first-order chi connectivity index (χ1) is 8.52. The van der Waals surface area contributed by atoms with Crippen LogP contribution in [0.1, 0.15) is 17.2 Å². The molecule has 1 heterocycles. The summed E-state index contributed by atoms with van der Waals surface area (Å²) < 4.78 is 33.0. The molecule has 0 fully saturated rings. The molecule has 0 aliphatic heterocycles. The van der Waals surface area contributed by atoms with Crippen molar-refractivity contribution in [3.05, 3.63) is 50.1 Å². The number of rotatable bonds is 3. The molecule has 0 bridgehead atoms. The van der Waals surface area contributed by atoms with E-state index in [1.165, 1.54) is 18.4 Å². The molecule has 0 radical (unpaired) electrons. The molecule has 0 aliphatic carbocycles. The zero-order valence-electron chi connectivity index (χ0n) is 9.28. The predicted molar refractivity (Wildman–Crippen MR) is 69.0 cm³/mol. The summed E-state index contributed by atoms with van der Waals surface area (Å²) in [6.45, 7) is 0. The van der Waals surface area contributed by atoms with Crippen LogP contribution >= 0.6 is 27.3 Å². The first kappa shape index (κ1) is 13.5. The Balaban J connectivity index is 2.44. The first-order valence-electron chi connectivity index (χ1n) is 4.98. The van der Waals surface area contributed by atoms with Gasteiger partial charge in [0.1, 0.15) is 23.5 Å². The zero-order valence-corrected chi connectivity index (χ0v) is 11.7. The van der Waals surface area contributed by atoms with Gasteiger partial charge in [0.05, 0.1) is 16.5 Å². The van der Waals surface area contributed by atoms with Gasteiger partial charge in [-0.25, -0.2) is 8.78 Å². The highest BCUT2D eigenvalue weighted by Gasteiger charge is 2.21. The maximum Gasteiger partial charge on any atom is 0.135 e. The Kier molecular flexibility index (Phi) is 3.99. The van der Waals surface area contributed by atoms with Crippen LogP contribution in [0.25, 0.3) is 0 Å². The van der Waals surface area contributed by atoms with Gasteiger partial charge in [0.15, 0.2) is 0 Å². The summed E-state index contributed by atoms with van der Waals surface area (Å²) in [5.41, 5.74) is 0.0657. The average Bonchev–Trinajstić information content (AvgIpc) is 2.74. The lowest BCUT2D eigenvalue weighted by Gasteiger charge is -2.12. The lowest BCUT2D eigenvalue weighted by molar-refractivity contribution is 0.209. The van der Waals surface area contributed by atoms with Gasteiger partial charge in [-0.05, 0) is 32.9 Å². The van der Waals surface area contributed by atoms with E-state index < -0.39 is 17.7 Å². The van der Waals surface area contributed by atoms with Crippen LogP contribution in [0.5, 0.6) is 5.75 Å². The number of thiophene rings is 1. The van der Waals surface area contributed by atoms with Gasteiger partial charge < -0.3 is 9.84 Å². The summed E-state index contributed by atoms with van der Waals surface area (Å²) in [6, 6.07) is 3.71. The van der Waals surface area contributed by atoms with Crippen LogP contribution in [0.4, 0.5) is 8.78 Å². The molecule has 1 aromatic heterocycles. The van der Waals surface area contributed by atoms with Crippen LogP contribution in [0, 0.1) is 11.6 Å². The minimum Gasteiger partial charge on any atom is -0.497 e. The third-order valence-corrected chi connectivity index (χ3v) is 3.99. The number of methoxy groups -OCH3 is 1. The largest absolute Gasteiger partial charge is 0.497 e. The summed E-state index contributed by atoms with van der Waals surface area (Å²) in [5, 5.41) is 11.6. The second kappa shape index (κ2) is 5.34. The zero-order chi connectivity index (χ0) is 13.3. The Morgan fingerprint density at radius 3 is 2.33 bits per heavy atom. The summed E-state index contributed by atoms with van der Waals surface area (Å²) in [5.74, 6) is -1.59. The average molecular weight is 335 g/mol. The molecule has 1 atom stereocenters. The standard InChI is InChI=1S/C12H9BrF2O2S/c1-17-7-3-8(14)11(9(15)4-7)12(16)6-2-10(13)18-5-6/h2-5,12,16H,1H3. The van der Waals surface area contributed by atoms with Crippen molar-refractivity contribution in [1.82, 2.24) is 0 Å². The van der Waals surface area contributed by atoms with Crippen LogP contribution in [0.2, 0.25) is 0 Å². The molecule has 18 heavy (non-hydrogen) atoms. The van der Waals surface area contributed by atoms with E-state index in [0.717, 1.165) is 15.9 Å². The Hall–Kier alpha value is -0.980. The van der Waals surface area contributed by atoms with Crippen molar-refractivity contribution in [2.75, 3.05) is 7.11 Å². The molecule has 0 amide bonds. The SMILES string of the molecule is COc1cc(F)c(C(O)c2csc(Br)c2)c(F)c1. The Morgan fingerprint density at radius 1 is 1.28 bits per heavy atom. The van der Waals surface area contributed by atoms with Crippen molar-refractivity contribution in [2.45, 2.75) is 6.10 Å². The fourth-order valence-corrected chi connectivity index (χ4v) is 2.77. The third kappa shape index (κ3) is 2.55. The lowest BCUT2D eigenvalue weighted by Crippen LogP contribution is -2.05. The van der Waals surface area contributed by atoms with Gasteiger partial charge in [0, 0.05) is 12.1 Å². The van der Waals surface area contributed by atoms with Crippen molar-refractivity contribution >= 4 is 27.3 Å². The molecule has 1 aromatic carbocycles. The Labute approximate surface area is 115 Å². The maximum atomic E-state index is 13.8. The van der Waals surface area contributed by atoms with Crippen LogP contribution in [-0.4, -0.2) is 12.2 Å². The van der Waals surface area contributed by atoms with Crippen molar-refractivity contribution in [1.29, 1.82) is 0 Å². The van der Waals surface area contributed by atoms with E-state index >= 15 is 0 Å². The summed E-state index contributed by atoms with van der Waals surface area (Å²) in [6.07, 6.45) is -1.33. The molecule has 0 saturated carbocycles. The molecule has 96 valence electrons. The topological polar surface area (TPSA) is 29.5 Å². The number of ether oxygens (including phenoxy) is 1. The molecule has 2 nitrogen and oxygen atoms in total. The highest BCUT2D eigenvalue weighted by molar-refractivity contribution is 9.11. The molecular formula is C12H9BrF2O2S. The van der Waals surface area contributed by atoms with Crippen molar-refractivity contribution in [3.63, 3.8) is 0 Å². The molecule has 1 unspecified atom stereocenters. The molecule has 2 aromatic rings. The minimum atomic E-state index is -1.33. The highest BCUT2D eigenvalue weighted by Crippen LogP contribution is 2.33. The Morgan fingerprint density at radius 2 is 1.89 bits per heavy atom. The minimum absolute atomic E-state index is 0.0763. The number of aliphatic hydroxyl groups is 1. The highest BCUT2D eigenvalue weighted by atomic mass is 79.9. The molecule has 0 spiro atoms. The van der Waals surface area contributed by atoms with Gasteiger partial charge in [-0.2, -0.15) is 0 Å². The smallest absolute Gasteiger partial charge is 0.135 e. The van der Waals surface area contributed by atoms with Gasteiger partial charge >= 0.3 is 0 Å². The second-order valence-corrected chi connectivity index (χ2v) is 5.88. The molecule has 2 rings (SSSR count). The maximum absolute atomic E-state index is 13.8. The number of hydrogen-bond acceptors (Lipinski definition) is 3. The van der Waals surface area contributed by atoms with E-state index in [4.69, 9.17) is 4.74 Å². The molecule has 1 N–H and O–H groups in total. The third-order valence-electron chi connectivity index (χ3n) is 2.47. The van der Waals surface area contributed by atoms with E-state index in [0.29, 0.717) is 5.56 Å². The van der Waals surface area contributed by atoms with Gasteiger partial charge in [-0.3, -0.25) is 0 Å². The number of hydrogen-bond donors (Lipinski definition) is 1. The van der Waals surface area contributed by atoms with Gasteiger partial charge in [0.25, 0.3) is 0 Å². The normalized spacial score (nSPS) is 12.5. The molecular weight excluding hydrogens is 326 g/mol. The predicted octanol–water partition coefficient (Wildman–Crippen LogP) is 3.88. The Bertz CT molecular complexity index is 548. The molecule has 6 heteroatoms. The summed E-state index contributed by atoms with van der Waals surface area (Å²) in [4.78, 5) is 0. The van der Waals surface area contributed by atoms with Crippen molar-refractivity contribution < 1.29 is 18.6 Å². The van der Waals surface area contributed by atoms with Crippen LogP contribution < -0.4 is 4.74 Å².